The molecule has 0 unspecified atom stereocenters. The van der Waals surface area contributed by atoms with E-state index in [1.807, 2.05) is 30.3 Å². The summed E-state index contributed by atoms with van der Waals surface area (Å²) in [7, 11) is 0. The summed E-state index contributed by atoms with van der Waals surface area (Å²) < 4.78 is 36.3. The average Bonchev–Trinajstić information content (AvgIpc) is 3.65. The normalized spacial score (nSPS) is 20.4. The molecule has 1 aromatic heterocycles. The zero-order chi connectivity index (χ0) is 26.3. The summed E-state index contributed by atoms with van der Waals surface area (Å²) >= 11 is 0. The minimum Gasteiger partial charge on any atom is -0.369 e. The molecule has 196 valence electrons. The number of anilines is 1. The van der Waals surface area contributed by atoms with Gasteiger partial charge in [0.2, 0.25) is 0 Å². The van der Waals surface area contributed by atoms with Crippen molar-refractivity contribution in [3.8, 4) is 5.69 Å². The van der Waals surface area contributed by atoms with Crippen molar-refractivity contribution in [3.05, 3.63) is 112 Å². The lowest BCUT2D eigenvalue weighted by Gasteiger charge is -2.36. The Bertz CT molecular complexity index is 1470. The van der Waals surface area contributed by atoms with E-state index in [-0.39, 0.29) is 17.9 Å². The van der Waals surface area contributed by atoms with E-state index in [1.165, 1.54) is 33.3 Å². The summed E-state index contributed by atoms with van der Waals surface area (Å²) in [5.74, 6) is -1.35. The molecule has 9 heteroatoms. The number of hydrogen-bond acceptors (Lipinski definition) is 5. The van der Waals surface area contributed by atoms with Crippen molar-refractivity contribution in [1.82, 2.24) is 19.2 Å². The van der Waals surface area contributed by atoms with Crippen LogP contribution in [-0.4, -0.2) is 52.0 Å². The van der Waals surface area contributed by atoms with Crippen molar-refractivity contribution in [2.24, 2.45) is 0 Å². The van der Waals surface area contributed by atoms with Gasteiger partial charge in [-0.2, -0.15) is 5.10 Å². The fourth-order valence-electron chi connectivity index (χ4n) is 5.32. The number of halogens is 2. The van der Waals surface area contributed by atoms with Crippen LogP contribution in [0.25, 0.3) is 5.69 Å². The van der Waals surface area contributed by atoms with E-state index in [2.05, 4.69) is 39.2 Å². The first-order valence-corrected chi connectivity index (χ1v) is 12.8. The molecule has 2 aliphatic heterocycles. The van der Waals surface area contributed by atoms with Crippen LogP contribution in [0, 0.1) is 11.6 Å². The van der Waals surface area contributed by atoms with Gasteiger partial charge < -0.3 is 9.64 Å². The maximum Gasteiger partial charge on any atom is 0.350 e. The van der Waals surface area contributed by atoms with Crippen LogP contribution in [0.4, 0.5) is 14.5 Å². The van der Waals surface area contributed by atoms with E-state index in [4.69, 9.17) is 4.74 Å². The molecule has 2 aliphatic rings. The van der Waals surface area contributed by atoms with Gasteiger partial charge in [-0.25, -0.2) is 22.8 Å². The monoisotopic (exact) mass is 517 g/mol. The van der Waals surface area contributed by atoms with E-state index >= 15 is 0 Å². The van der Waals surface area contributed by atoms with Crippen molar-refractivity contribution in [2.45, 2.75) is 25.1 Å². The Morgan fingerprint density at radius 1 is 0.947 bits per heavy atom. The molecule has 3 heterocycles. The van der Waals surface area contributed by atoms with Gasteiger partial charge in [0.1, 0.15) is 23.6 Å². The standard InChI is InChI=1S/C29H29F2N5O2/c1-21(29(19-38-29)26-12-7-23(30)17-27(26)31)36-28(37)35(20-32-36)25-10-8-24(9-11-25)34-15-13-33(14-16-34)18-22-5-3-2-4-6-22/h2-12,17,20-21H,13-16,18-19H2,1H3/t21-,29+/m1/s1. The molecule has 2 fully saturated rings. The number of aromatic nitrogens is 3. The number of ether oxygens (including phenoxy) is 1. The summed E-state index contributed by atoms with van der Waals surface area (Å²) in [5.41, 5.74) is 1.95. The molecule has 0 saturated carbocycles. The average molecular weight is 518 g/mol. The second-order valence-electron chi connectivity index (χ2n) is 9.97. The van der Waals surface area contributed by atoms with Crippen LogP contribution in [0.5, 0.6) is 0 Å². The minimum atomic E-state index is -1.05. The molecule has 2 saturated heterocycles. The third-order valence-corrected chi connectivity index (χ3v) is 7.69. The molecule has 0 radical (unpaired) electrons. The fourth-order valence-corrected chi connectivity index (χ4v) is 5.32. The van der Waals surface area contributed by atoms with Crippen molar-refractivity contribution in [3.63, 3.8) is 0 Å². The Balaban J connectivity index is 1.14. The second-order valence-corrected chi connectivity index (χ2v) is 9.97. The van der Waals surface area contributed by atoms with Gasteiger partial charge in [-0.05, 0) is 42.8 Å². The predicted octanol–water partition coefficient (Wildman–Crippen LogP) is 4.12. The van der Waals surface area contributed by atoms with Gasteiger partial charge in [-0.15, -0.1) is 0 Å². The van der Waals surface area contributed by atoms with Crippen molar-refractivity contribution >= 4 is 5.69 Å². The molecule has 3 aromatic carbocycles. The van der Waals surface area contributed by atoms with Crippen LogP contribution in [0.15, 0.2) is 83.9 Å². The molecule has 38 heavy (non-hydrogen) atoms. The molecule has 4 aromatic rings. The molecule has 0 amide bonds. The number of epoxide rings is 1. The Hall–Kier alpha value is -3.82. The summed E-state index contributed by atoms with van der Waals surface area (Å²) in [6.07, 6.45) is 1.47. The first-order valence-electron chi connectivity index (χ1n) is 12.8. The summed E-state index contributed by atoms with van der Waals surface area (Å²) in [6, 6.07) is 21.2. The van der Waals surface area contributed by atoms with Gasteiger partial charge in [-0.1, -0.05) is 36.4 Å². The summed E-state index contributed by atoms with van der Waals surface area (Å²) in [4.78, 5) is 18.1. The molecule has 6 rings (SSSR count). The number of hydrogen-bond donors (Lipinski definition) is 0. The highest BCUT2D eigenvalue weighted by Gasteiger charge is 2.54. The van der Waals surface area contributed by atoms with Crippen LogP contribution in [0.3, 0.4) is 0 Å². The lowest BCUT2D eigenvalue weighted by molar-refractivity contribution is 0.211. The quantitative estimate of drug-likeness (QED) is 0.345. The Kier molecular flexibility index (Phi) is 6.33. The van der Waals surface area contributed by atoms with Crippen LogP contribution in [0.1, 0.15) is 24.1 Å². The Morgan fingerprint density at radius 2 is 1.63 bits per heavy atom. The molecule has 7 nitrogen and oxygen atoms in total. The molecule has 0 N–H and O–H groups in total. The van der Waals surface area contributed by atoms with Gasteiger partial charge in [0.05, 0.1) is 18.3 Å². The summed E-state index contributed by atoms with van der Waals surface area (Å²) in [6.45, 7) is 6.78. The van der Waals surface area contributed by atoms with E-state index < -0.39 is 23.3 Å². The smallest absolute Gasteiger partial charge is 0.350 e. The van der Waals surface area contributed by atoms with E-state index in [9.17, 15) is 13.6 Å². The van der Waals surface area contributed by atoms with Gasteiger partial charge in [0.15, 0.2) is 0 Å². The molecule has 0 bridgehead atoms. The SMILES string of the molecule is C[C@@H](n1ncn(-c2ccc(N3CCN(Cc4ccccc4)CC3)cc2)c1=O)[C@]1(c2ccc(F)cc2F)CO1. The van der Waals surface area contributed by atoms with Crippen LogP contribution in [0.2, 0.25) is 0 Å². The van der Waals surface area contributed by atoms with Crippen molar-refractivity contribution in [1.29, 1.82) is 0 Å². The second kappa shape index (κ2) is 9.81. The maximum atomic E-state index is 14.5. The molecular formula is C29H29F2N5O2. The highest BCUT2D eigenvalue weighted by atomic mass is 19.1. The number of piperazine rings is 1. The third-order valence-electron chi connectivity index (χ3n) is 7.69. The van der Waals surface area contributed by atoms with Gasteiger partial charge in [0.25, 0.3) is 0 Å². The van der Waals surface area contributed by atoms with Crippen molar-refractivity contribution in [2.75, 3.05) is 37.7 Å². The predicted molar refractivity (Wildman–Crippen MR) is 140 cm³/mol. The third kappa shape index (κ3) is 4.52. The largest absolute Gasteiger partial charge is 0.369 e. The number of nitrogens with zero attached hydrogens (tertiary/aromatic N) is 5. The topological polar surface area (TPSA) is 58.8 Å². The highest BCUT2D eigenvalue weighted by molar-refractivity contribution is 5.51. The van der Waals surface area contributed by atoms with E-state index in [1.54, 1.807) is 6.92 Å². The van der Waals surface area contributed by atoms with Crippen LogP contribution in [-0.2, 0) is 16.9 Å². The summed E-state index contributed by atoms with van der Waals surface area (Å²) in [5, 5.41) is 4.30. The van der Waals surface area contributed by atoms with E-state index in [0.717, 1.165) is 44.5 Å². The molecule has 0 spiro atoms. The van der Waals surface area contributed by atoms with E-state index in [0.29, 0.717) is 5.69 Å². The molecule has 0 aliphatic carbocycles. The maximum absolute atomic E-state index is 14.5. The van der Waals surface area contributed by atoms with Gasteiger partial charge in [-0.3, -0.25) is 4.90 Å². The lowest BCUT2D eigenvalue weighted by Crippen LogP contribution is -2.45. The minimum absolute atomic E-state index is 0.223. The first-order chi connectivity index (χ1) is 18.4. The highest BCUT2D eigenvalue weighted by Crippen LogP contribution is 2.48. The Morgan fingerprint density at radius 3 is 2.29 bits per heavy atom. The number of benzene rings is 3. The van der Waals surface area contributed by atoms with Gasteiger partial charge >= 0.3 is 5.69 Å². The molecule has 2 atom stereocenters. The lowest BCUT2D eigenvalue weighted by atomic mass is 9.92. The molecular weight excluding hydrogens is 488 g/mol. The van der Waals surface area contributed by atoms with Crippen LogP contribution >= 0.6 is 0 Å². The zero-order valence-electron chi connectivity index (χ0n) is 21.1. The van der Waals surface area contributed by atoms with Gasteiger partial charge in [0, 0.05) is 50.0 Å². The number of rotatable bonds is 7. The van der Waals surface area contributed by atoms with Crippen LogP contribution < -0.4 is 10.6 Å². The zero-order valence-corrected chi connectivity index (χ0v) is 21.1. The van der Waals surface area contributed by atoms with Crippen molar-refractivity contribution < 1.29 is 13.5 Å². The Labute approximate surface area is 219 Å². The first kappa shape index (κ1) is 24.5. The fraction of sp³-hybridized carbons (Fsp3) is 0.310.